The second kappa shape index (κ2) is 8.26. The van der Waals surface area contributed by atoms with Crippen molar-refractivity contribution in [2.45, 2.75) is 70.9 Å². The number of likely N-dealkylation sites (tertiary alicyclic amines) is 2. The van der Waals surface area contributed by atoms with Crippen LogP contribution in [-0.2, 0) is 12.0 Å². The van der Waals surface area contributed by atoms with Crippen LogP contribution in [0.15, 0.2) is 36.5 Å². The Bertz CT molecular complexity index is 1080. The molecule has 6 nitrogen and oxygen atoms in total. The molecular formula is C28H38N4O2. The Balaban J connectivity index is 1.19. The van der Waals surface area contributed by atoms with E-state index in [1.807, 2.05) is 4.90 Å². The first kappa shape index (κ1) is 23.2. The molecule has 5 rings (SSSR count). The summed E-state index contributed by atoms with van der Waals surface area (Å²) in [7, 11) is 0. The normalized spacial score (nSPS) is 22.9. The van der Waals surface area contributed by atoms with Crippen LogP contribution in [0.5, 0.6) is 5.75 Å². The Labute approximate surface area is 203 Å². The van der Waals surface area contributed by atoms with Crippen molar-refractivity contribution in [2.75, 3.05) is 31.9 Å². The number of amides is 1. The third-order valence-electron chi connectivity index (χ3n) is 9.08. The molecule has 1 aromatic carbocycles. The number of carbonyl (C=O) groups is 1. The van der Waals surface area contributed by atoms with E-state index in [9.17, 15) is 4.79 Å². The molecule has 3 aliphatic heterocycles. The maximum atomic E-state index is 12.9. The number of nitrogen functional groups attached to an aromatic ring is 1. The van der Waals surface area contributed by atoms with E-state index in [2.05, 4.69) is 55.8 Å². The Morgan fingerprint density at radius 1 is 1.03 bits per heavy atom. The molecule has 1 spiro atoms. The fraction of sp³-hybridized carbons (Fsp3) is 0.571. The lowest BCUT2D eigenvalue weighted by Crippen LogP contribution is -2.48. The van der Waals surface area contributed by atoms with Crippen LogP contribution in [-0.4, -0.2) is 52.5 Å². The molecule has 34 heavy (non-hydrogen) atoms. The van der Waals surface area contributed by atoms with Crippen LogP contribution in [0.25, 0.3) is 0 Å². The Morgan fingerprint density at radius 3 is 2.38 bits per heavy atom. The molecule has 1 amide bonds. The number of hydrogen-bond donors (Lipinski definition) is 1. The largest absolute Gasteiger partial charge is 0.486 e. The zero-order valence-electron chi connectivity index (χ0n) is 21.1. The molecule has 0 aliphatic carbocycles. The number of nitrogens with zero attached hydrogens (tertiary/aromatic N) is 3. The standard InChI is InChI=1S/C28H38N4O2/c1-26(2)22-7-5-6-21(24(22)34-27(26,3)4)19-31-14-9-28(10-15-31)11-16-32(17-12-28)25(33)20-8-13-30-23(29)18-20/h5-8,13,18H,9-12,14-17,19H2,1-4H3,(H2,29,30). The van der Waals surface area contributed by atoms with Gasteiger partial charge in [0.2, 0.25) is 0 Å². The first-order valence-corrected chi connectivity index (χ1v) is 12.6. The highest BCUT2D eigenvalue weighted by Crippen LogP contribution is 2.50. The number of carbonyl (C=O) groups excluding carboxylic acids is 1. The number of ether oxygens (including phenoxy) is 1. The van der Waals surface area contributed by atoms with Crippen LogP contribution < -0.4 is 10.5 Å². The molecule has 1 aromatic heterocycles. The van der Waals surface area contributed by atoms with Gasteiger partial charge in [0, 0.05) is 47.9 Å². The Kier molecular flexibility index (Phi) is 5.63. The first-order valence-electron chi connectivity index (χ1n) is 12.6. The first-order chi connectivity index (χ1) is 16.1. The highest BCUT2D eigenvalue weighted by molar-refractivity contribution is 5.94. The van der Waals surface area contributed by atoms with Crippen LogP contribution in [0.3, 0.4) is 0 Å². The maximum Gasteiger partial charge on any atom is 0.254 e. The van der Waals surface area contributed by atoms with E-state index in [1.54, 1.807) is 18.3 Å². The van der Waals surface area contributed by atoms with Gasteiger partial charge in [-0.2, -0.15) is 0 Å². The molecule has 0 radical (unpaired) electrons. The van der Waals surface area contributed by atoms with Crippen molar-refractivity contribution in [2.24, 2.45) is 5.41 Å². The van der Waals surface area contributed by atoms with Crippen molar-refractivity contribution in [3.63, 3.8) is 0 Å². The van der Waals surface area contributed by atoms with Crippen molar-refractivity contribution in [3.8, 4) is 5.75 Å². The van der Waals surface area contributed by atoms with E-state index in [-0.39, 0.29) is 16.9 Å². The lowest BCUT2D eigenvalue weighted by atomic mass is 9.71. The van der Waals surface area contributed by atoms with Gasteiger partial charge in [-0.05, 0) is 70.2 Å². The summed E-state index contributed by atoms with van der Waals surface area (Å²) in [6.45, 7) is 13.8. The SMILES string of the molecule is CC1(C)Oc2c(CN3CCC4(CC3)CCN(C(=O)c3ccnc(N)c3)CC4)cccc2C1(C)C. The molecule has 0 unspecified atom stereocenters. The molecular weight excluding hydrogens is 424 g/mol. The van der Waals surface area contributed by atoms with Gasteiger partial charge in [0.25, 0.3) is 5.91 Å². The summed E-state index contributed by atoms with van der Waals surface area (Å²) in [4.78, 5) is 21.5. The highest BCUT2D eigenvalue weighted by Gasteiger charge is 2.48. The van der Waals surface area contributed by atoms with Crippen LogP contribution in [0.2, 0.25) is 0 Å². The van der Waals surface area contributed by atoms with E-state index in [4.69, 9.17) is 10.5 Å². The van der Waals surface area contributed by atoms with Crippen molar-refractivity contribution in [1.82, 2.24) is 14.8 Å². The molecule has 2 fully saturated rings. The number of fused-ring (bicyclic) bond motifs is 1. The van der Waals surface area contributed by atoms with E-state index in [1.165, 1.54) is 24.0 Å². The van der Waals surface area contributed by atoms with Crippen LogP contribution in [0, 0.1) is 5.41 Å². The average Bonchev–Trinajstić information content (AvgIpc) is 3.00. The third kappa shape index (κ3) is 3.96. The second-order valence-corrected chi connectivity index (χ2v) is 11.6. The molecule has 0 saturated carbocycles. The van der Waals surface area contributed by atoms with Crippen molar-refractivity contribution in [3.05, 3.63) is 53.2 Å². The lowest BCUT2D eigenvalue weighted by Gasteiger charge is -2.47. The topological polar surface area (TPSA) is 71.7 Å². The van der Waals surface area contributed by atoms with E-state index >= 15 is 0 Å². The van der Waals surface area contributed by atoms with Crippen molar-refractivity contribution >= 4 is 11.7 Å². The maximum absolute atomic E-state index is 12.9. The molecule has 6 heteroatoms. The monoisotopic (exact) mass is 462 g/mol. The molecule has 3 aliphatic rings. The van der Waals surface area contributed by atoms with Gasteiger partial charge in [-0.25, -0.2) is 4.98 Å². The zero-order chi connectivity index (χ0) is 24.1. The van der Waals surface area contributed by atoms with Gasteiger partial charge in [-0.3, -0.25) is 9.69 Å². The highest BCUT2D eigenvalue weighted by atomic mass is 16.5. The molecule has 0 bridgehead atoms. The number of rotatable bonds is 3. The van der Waals surface area contributed by atoms with Gasteiger partial charge in [-0.1, -0.05) is 32.0 Å². The predicted molar refractivity (Wildman–Crippen MR) is 135 cm³/mol. The lowest BCUT2D eigenvalue weighted by molar-refractivity contribution is 0.0279. The zero-order valence-corrected chi connectivity index (χ0v) is 21.1. The third-order valence-corrected chi connectivity index (χ3v) is 9.08. The number of anilines is 1. The fourth-order valence-corrected chi connectivity index (χ4v) is 5.90. The molecule has 0 atom stereocenters. The van der Waals surface area contributed by atoms with Gasteiger partial charge in [-0.15, -0.1) is 0 Å². The van der Waals surface area contributed by atoms with Crippen molar-refractivity contribution < 1.29 is 9.53 Å². The summed E-state index contributed by atoms with van der Waals surface area (Å²) in [5, 5.41) is 0. The summed E-state index contributed by atoms with van der Waals surface area (Å²) in [6.07, 6.45) is 6.17. The van der Waals surface area contributed by atoms with Gasteiger partial charge in [0.1, 0.15) is 17.2 Å². The number of hydrogen-bond acceptors (Lipinski definition) is 5. The summed E-state index contributed by atoms with van der Waals surface area (Å²) >= 11 is 0. The van der Waals surface area contributed by atoms with Crippen molar-refractivity contribution in [1.29, 1.82) is 0 Å². The molecule has 2 saturated heterocycles. The summed E-state index contributed by atoms with van der Waals surface area (Å²) < 4.78 is 6.49. The average molecular weight is 463 g/mol. The summed E-state index contributed by atoms with van der Waals surface area (Å²) in [5.41, 5.74) is 9.21. The van der Waals surface area contributed by atoms with E-state index < -0.39 is 0 Å². The summed E-state index contributed by atoms with van der Waals surface area (Å²) in [6, 6.07) is 10.1. The number of benzene rings is 1. The minimum absolute atomic E-state index is 0.00229. The minimum Gasteiger partial charge on any atom is -0.486 e. The molecule has 2 N–H and O–H groups in total. The van der Waals surface area contributed by atoms with E-state index in [0.29, 0.717) is 16.8 Å². The molecule has 4 heterocycles. The number of pyridine rings is 1. The number of nitrogens with two attached hydrogens (primary N) is 1. The quantitative estimate of drug-likeness (QED) is 0.720. The predicted octanol–water partition coefficient (Wildman–Crippen LogP) is 4.63. The molecule has 2 aromatic rings. The minimum atomic E-state index is -0.204. The second-order valence-electron chi connectivity index (χ2n) is 11.6. The smallest absolute Gasteiger partial charge is 0.254 e. The van der Waals surface area contributed by atoms with Crippen LogP contribution >= 0.6 is 0 Å². The van der Waals surface area contributed by atoms with Gasteiger partial charge in [0.15, 0.2) is 0 Å². The van der Waals surface area contributed by atoms with Gasteiger partial charge < -0.3 is 15.4 Å². The number of piperidine rings is 2. The number of para-hydroxylation sites is 1. The van der Waals surface area contributed by atoms with Gasteiger partial charge >= 0.3 is 0 Å². The number of aromatic nitrogens is 1. The van der Waals surface area contributed by atoms with Crippen LogP contribution in [0.1, 0.15) is 74.9 Å². The van der Waals surface area contributed by atoms with Crippen LogP contribution in [0.4, 0.5) is 5.82 Å². The van der Waals surface area contributed by atoms with E-state index in [0.717, 1.165) is 51.3 Å². The Hall–Kier alpha value is -2.60. The van der Waals surface area contributed by atoms with Gasteiger partial charge in [0.05, 0.1) is 0 Å². The summed E-state index contributed by atoms with van der Waals surface area (Å²) in [5.74, 6) is 1.57. The fourth-order valence-electron chi connectivity index (χ4n) is 5.90. The molecule has 182 valence electrons. The Morgan fingerprint density at radius 2 is 1.71 bits per heavy atom.